The summed E-state index contributed by atoms with van der Waals surface area (Å²) in [5, 5.41) is 0. The van der Waals surface area contributed by atoms with E-state index in [0.717, 1.165) is 22.5 Å². The Hall–Kier alpha value is -1.61. The molecule has 86 valence electrons. The van der Waals surface area contributed by atoms with Gasteiger partial charge >= 0.3 is 0 Å². The van der Waals surface area contributed by atoms with E-state index >= 15 is 0 Å². The first-order chi connectivity index (χ1) is 7.56. The average Bonchev–Trinajstić information content (AvgIpc) is 2.25. The van der Waals surface area contributed by atoms with Gasteiger partial charge in [0.2, 0.25) is 0 Å². The number of methoxy groups -OCH3 is 1. The van der Waals surface area contributed by atoms with Gasteiger partial charge in [-0.15, -0.1) is 0 Å². The van der Waals surface area contributed by atoms with Crippen molar-refractivity contribution in [2.75, 3.05) is 13.9 Å². The van der Waals surface area contributed by atoms with Crippen molar-refractivity contribution in [2.45, 2.75) is 13.8 Å². The minimum atomic E-state index is 0.203. The van der Waals surface area contributed by atoms with Crippen LogP contribution >= 0.6 is 0 Å². The van der Waals surface area contributed by atoms with Crippen molar-refractivity contribution in [3.05, 3.63) is 36.7 Å². The quantitative estimate of drug-likeness (QED) is 0.713. The summed E-state index contributed by atoms with van der Waals surface area (Å²) >= 11 is 0. The van der Waals surface area contributed by atoms with Gasteiger partial charge in [0.1, 0.15) is 11.4 Å². The molecule has 0 atom stereocenters. The topological polar surface area (TPSA) is 31.4 Å². The minimum Gasteiger partial charge on any atom is -0.465 e. The number of hydrogen-bond donors (Lipinski definition) is 0. The van der Waals surface area contributed by atoms with Gasteiger partial charge in [0.05, 0.1) is 5.69 Å². The summed E-state index contributed by atoms with van der Waals surface area (Å²) in [7, 11) is 1.58. The van der Waals surface area contributed by atoms with E-state index < -0.39 is 0 Å². The maximum Gasteiger partial charge on any atom is 0.188 e. The molecule has 0 bridgehead atoms. The van der Waals surface area contributed by atoms with Gasteiger partial charge in [-0.1, -0.05) is 13.2 Å². The molecule has 0 saturated heterocycles. The Morgan fingerprint density at radius 2 is 1.94 bits per heavy atom. The van der Waals surface area contributed by atoms with Crippen LogP contribution in [0.5, 0.6) is 5.75 Å². The zero-order valence-corrected chi connectivity index (χ0v) is 10.0. The molecule has 0 unspecified atom stereocenters. The zero-order valence-electron chi connectivity index (χ0n) is 10.0. The van der Waals surface area contributed by atoms with E-state index in [0.29, 0.717) is 5.75 Å². The van der Waals surface area contributed by atoms with Gasteiger partial charge in [0.25, 0.3) is 0 Å². The number of allylic oxidation sites excluding steroid dienone is 2. The Kier molecular flexibility index (Phi) is 4.26. The monoisotopic (exact) mass is 219 g/mol. The summed E-state index contributed by atoms with van der Waals surface area (Å²) in [5.41, 5.74) is 3.37. The molecule has 0 spiro atoms. The molecule has 1 heterocycles. The van der Waals surface area contributed by atoms with Crippen molar-refractivity contribution in [3.8, 4) is 5.75 Å². The Labute approximate surface area is 96.4 Å². The highest BCUT2D eigenvalue weighted by molar-refractivity contribution is 5.67. The SMILES string of the molecule is C=C(C)c1ccc(OCOC)c(C(=C)C)n1. The van der Waals surface area contributed by atoms with Crippen LogP contribution < -0.4 is 4.74 Å². The lowest BCUT2D eigenvalue weighted by Crippen LogP contribution is -2.03. The van der Waals surface area contributed by atoms with Crippen LogP contribution in [0.4, 0.5) is 0 Å². The predicted molar refractivity (Wildman–Crippen MR) is 66.2 cm³/mol. The van der Waals surface area contributed by atoms with Crippen LogP contribution in [-0.2, 0) is 4.74 Å². The summed E-state index contributed by atoms with van der Waals surface area (Å²) < 4.78 is 10.3. The molecule has 0 saturated carbocycles. The van der Waals surface area contributed by atoms with E-state index in [1.165, 1.54) is 0 Å². The third-order valence-corrected chi connectivity index (χ3v) is 2.03. The normalized spacial score (nSPS) is 9.94. The fourth-order valence-corrected chi connectivity index (χ4v) is 1.23. The van der Waals surface area contributed by atoms with E-state index in [1.54, 1.807) is 7.11 Å². The lowest BCUT2D eigenvalue weighted by molar-refractivity contribution is 0.0506. The standard InChI is InChI=1S/C13H17NO2/c1-9(2)11-6-7-12(16-8-15-5)13(14-11)10(3)4/h6-7H,1,3,8H2,2,4-5H3. The van der Waals surface area contributed by atoms with Gasteiger partial charge in [-0.25, -0.2) is 4.98 Å². The second-order valence-corrected chi connectivity index (χ2v) is 3.65. The molecule has 0 aliphatic carbocycles. The molecule has 3 nitrogen and oxygen atoms in total. The van der Waals surface area contributed by atoms with E-state index in [2.05, 4.69) is 18.1 Å². The summed E-state index contributed by atoms with van der Waals surface area (Å²) in [6.07, 6.45) is 0. The maximum atomic E-state index is 5.41. The highest BCUT2D eigenvalue weighted by Crippen LogP contribution is 2.25. The van der Waals surface area contributed by atoms with Gasteiger partial charge < -0.3 is 9.47 Å². The van der Waals surface area contributed by atoms with E-state index in [9.17, 15) is 0 Å². The summed E-state index contributed by atoms with van der Waals surface area (Å²) in [6, 6.07) is 3.74. The first kappa shape index (κ1) is 12.5. The molecule has 0 N–H and O–H groups in total. The molecule has 0 radical (unpaired) electrons. The van der Waals surface area contributed by atoms with Crippen molar-refractivity contribution >= 4 is 11.1 Å². The molecule has 0 aromatic carbocycles. The zero-order chi connectivity index (χ0) is 12.1. The first-order valence-electron chi connectivity index (χ1n) is 5.00. The fraction of sp³-hybridized carbons (Fsp3) is 0.308. The molecule has 1 rings (SSSR count). The molecule has 0 fully saturated rings. The molecule has 3 heteroatoms. The van der Waals surface area contributed by atoms with Gasteiger partial charge in [-0.2, -0.15) is 0 Å². The highest BCUT2D eigenvalue weighted by Gasteiger charge is 2.08. The van der Waals surface area contributed by atoms with Crippen molar-refractivity contribution in [1.82, 2.24) is 4.98 Å². The third kappa shape index (κ3) is 2.94. The van der Waals surface area contributed by atoms with Crippen LogP contribution in [0.2, 0.25) is 0 Å². The fourth-order valence-electron chi connectivity index (χ4n) is 1.23. The van der Waals surface area contributed by atoms with Crippen molar-refractivity contribution in [3.63, 3.8) is 0 Å². The molecule has 0 amide bonds. The van der Waals surface area contributed by atoms with Crippen molar-refractivity contribution in [2.24, 2.45) is 0 Å². The second-order valence-electron chi connectivity index (χ2n) is 3.65. The Morgan fingerprint density at radius 3 is 2.44 bits per heavy atom. The van der Waals surface area contributed by atoms with Crippen LogP contribution in [0.15, 0.2) is 25.3 Å². The smallest absolute Gasteiger partial charge is 0.188 e. The van der Waals surface area contributed by atoms with E-state index in [4.69, 9.17) is 9.47 Å². The number of ether oxygens (including phenoxy) is 2. The molecule has 0 aliphatic rings. The molecule has 16 heavy (non-hydrogen) atoms. The van der Waals surface area contributed by atoms with Crippen molar-refractivity contribution < 1.29 is 9.47 Å². The summed E-state index contributed by atoms with van der Waals surface area (Å²) in [5.74, 6) is 0.680. The highest BCUT2D eigenvalue weighted by atomic mass is 16.7. The average molecular weight is 219 g/mol. The Bertz CT molecular complexity index is 410. The first-order valence-corrected chi connectivity index (χ1v) is 5.00. The van der Waals surface area contributed by atoms with Gasteiger partial charge in [0, 0.05) is 7.11 Å². The lowest BCUT2D eigenvalue weighted by Gasteiger charge is -2.11. The van der Waals surface area contributed by atoms with Gasteiger partial charge in [-0.3, -0.25) is 0 Å². The number of nitrogens with zero attached hydrogens (tertiary/aromatic N) is 1. The third-order valence-electron chi connectivity index (χ3n) is 2.03. The number of rotatable bonds is 5. The van der Waals surface area contributed by atoms with Gasteiger partial charge in [-0.05, 0) is 37.1 Å². The van der Waals surface area contributed by atoms with E-state index in [1.807, 2.05) is 26.0 Å². The molecular formula is C13H17NO2. The molecule has 0 aliphatic heterocycles. The molecule has 1 aromatic heterocycles. The van der Waals surface area contributed by atoms with Crippen LogP contribution in [-0.4, -0.2) is 18.9 Å². The second kappa shape index (κ2) is 5.47. The predicted octanol–water partition coefficient (Wildman–Crippen LogP) is 3.13. The molecular weight excluding hydrogens is 202 g/mol. The van der Waals surface area contributed by atoms with Crippen LogP contribution in [0, 0.1) is 0 Å². The van der Waals surface area contributed by atoms with Gasteiger partial charge in [0.15, 0.2) is 6.79 Å². The summed E-state index contributed by atoms with van der Waals surface area (Å²) in [4.78, 5) is 4.44. The van der Waals surface area contributed by atoms with E-state index in [-0.39, 0.29) is 6.79 Å². The van der Waals surface area contributed by atoms with Crippen LogP contribution in [0.25, 0.3) is 11.1 Å². The van der Waals surface area contributed by atoms with Crippen LogP contribution in [0.1, 0.15) is 25.2 Å². The minimum absolute atomic E-state index is 0.203. The maximum absolute atomic E-state index is 5.41. The Balaban J connectivity index is 3.09. The van der Waals surface area contributed by atoms with Crippen molar-refractivity contribution in [1.29, 1.82) is 0 Å². The largest absolute Gasteiger partial charge is 0.465 e. The number of pyridine rings is 1. The lowest BCUT2D eigenvalue weighted by atomic mass is 10.1. The number of aromatic nitrogens is 1. The summed E-state index contributed by atoms with van der Waals surface area (Å²) in [6.45, 7) is 11.8. The Morgan fingerprint density at radius 1 is 1.25 bits per heavy atom. The van der Waals surface area contributed by atoms with Crippen LogP contribution in [0.3, 0.4) is 0 Å². The number of hydrogen-bond acceptors (Lipinski definition) is 3. The molecule has 1 aromatic rings.